The number of nitrogens with one attached hydrogen (secondary N) is 1. The summed E-state index contributed by atoms with van der Waals surface area (Å²) in [5.74, 6) is -0.198. The first kappa shape index (κ1) is 18.5. The van der Waals surface area contributed by atoms with Crippen LogP contribution < -0.4 is 11.0 Å². The van der Waals surface area contributed by atoms with Gasteiger partial charge in [-0.05, 0) is 30.7 Å². The molecule has 0 saturated heterocycles. The highest BCUT2D eigenvalue weighted by atomic mass is 35.5. The molecule has 0 spiro atoms. The molecule has 0 fully saturated rings. The number of carbonyl (C=O) groups is 1. The Morgan fingerprint density at radius 1 is 1.21 bits per heavy atom. The minimum atomic E-state index is -0.198. The molecule has 8 heteroatoms. The lowest BCUT2D eigenvalue weighted by Gasteiger charge is -2.01. The van der Waals surface area contributed by atoms with Crippen molar-refractivity contribution in [2.24, 2.45) is 0 Å². The fraction of sp³-hybridized carbons (Fsp3) is 0.150. The average Bonchev–Trinajstić information content (AvgIpc) is 3.21. The molecular formula is C20H17ClN4O2S. The summed E-state index contributed by atoms with van der Waals surface area (Å²) in [6, 6.07) is 13.3. The van der Waals surface area contributed by atoms with Crippen molar-refractivity contribution in [3.8, 4) is 0 Å². The van der Waals surface area contributed by atoms with Crippen molar-refractivity contribution in [2.45, 2.75) is 13.0 Å². The van der Waals surface area contributed by atoms with Gasteiger partial charge in [-0.25, -0.2) is 9.48 Å². The van der Waals surface area contributed by atoms with Crippen LogP contribution in [0.25, 0.3) is 21.8 Å². The molecule has 3 aromatic heterocycles. The number of hydrogen-bond acceptors (Lipinski definition) is 4. The maximum Gasteiger partial charge on any atom is 0.350 e. The lowest BCUT2D eigenvalue weighted by molar-refractivity contribution is -0.116. The van der Waals surface area contributed by atoms with Crippen molar-refractivity contribution in [3.63, 3.8) is 0 Å². The number of carbonyl (C=O) groups excluding carboxylic acids is 1. The normalized spacial score (nSPS) is 11.6. The number of thiophene rings is 1. The van der Waals surface area contributed by atoms with Gasteiger partial charge in [-0.3, -0.25) is 9.20 Å². The molecule has 4 rings (SSSR count). The van der Waals surface area contributed by atoms with Gasteiger partial charge in [0.1, 0.15) is 0 Å². The van der Waals surface area contributed by atoms with E-state index < -0.39 is 0 Å². The number of pyridine rings is 1. The zero-order valence-electron chi connectivity index (χ0n) is 14.8. The third-order valence-corrected chi connectivity index (χ3v) is 5.94. The molecule has 0 aliphatic carbocycles. The second-order valence-corrected chi connectivity index (χ2v) is 7.65. The molecular weight excluding hydrogens is 396 g/mol. The summed E-state index contributed by atoms with van der Waals surface area (Å²) < 4.78 is 4.00. The van der Waals surface area contributed by atoms with Crippen molar-refractivity contribution in [1.82, 2.24) is 19.5 Å². The minimum Gasteiger partial charge on any atom is -0.352 e. The fourth-order valence-electron chi connectivity index (χ4n) is 2.90. The summed E-state index contributed by atoms with van der Waals surface area (Å²) >= 11 is 7.92. The molecule has 0 bridgehead atoms. The van der Waals surface area contributed by atoms with Crippen LogP contribution in [0.4, 0.5) is 0 Å². The van der Waals surface area contributed by atoms with E-state index in [2.05, 4.69) is 10.4 Å². The van der Waals surface area contributed by atoms with Gasteiger partial charge in [0.25, 0.3) is 0 Å². The van der Waals surface area contributed by atoms with Crippen LogP contribution in [0.5, 0.6) is 0 Å². The summed E-state index contributed by atoms with van der Waals surface area (Å²) in [5, 5.41) is 8.73. The number of halogens is 1. The first-order chi connectivity index (χ1) is 13.6. The molecule has 0 atom stereocenters. The van der Waals surface area contributed by atoms with Crippen LogP contribution >= 0.6 is 22.9 Å². The van der Waals surface area contributed by atoms with Crippen molar-refractivity contribution in [1.29, 1.82) is 0 Å². The van der Waals surface area contributed by atoms with E-state index in [9.17, 15) is 9.59 Å². The molecule has 0 aliphatic heterocycles. The first-order valence-electron chi connectivity index (χ1n) is 8.80. The quantitative estimate of drug-likeness (QED) is 0.388. The minimum absolute atomic E-state index is 0.179. The predicted octanol–water partition coefficient (Wildman–Crippen LogP) is 3.58. The Morgan fingerprint density at radius 3 is 2.86 bits per heavy atom. The third kappa shape index (κ3) is 3.72. The average molecular weight is 413 g/mol. The lowest BCUT2D eigenvalue weighted by Crippen LogP contribution is -2.26. The van der Waals surface area contributed by atoms with E-state index in [4.69, 9.17) is 11.6 Å². The first-order valence-corrected chi connectivity index (χ1v) is 10.00. The van der Waals surface area contributed by atoms with Crippen molar-refractivity contribution in [3.05, 3.63) is 75.1 Å². The number of fused-ring (bicyclic) bond motifs is 2. The zero-order chi connectivity index (χ0) is 19.5. The Hall–Kier alpha value is -2.90. The zero-order valence-corrected chi connectivity index (χ0v) is 16.4. The number of amides is 1. The van der Waals surface area contributed by atoms with Crippen LogP contribution in [0.3, 0.4) is 0 Å². The molecule has 28 heavy (non-hydrogen) atoms. The second kappa shape index (κ2) is 8.00. The van der Waals surface area contributed by atoms with Crippen molar-refractivity contribution in [2.75, 3.05) is 6.54 Å². The van der Waals surface area contributed by atoms with Gasteiger partial charge in [-0.2, -0.15) is 0 Å². The highest BCUT2D eigenvalue weighted by molar-refractivity contribution is 7.20. The summed E-state index contributed by atoms with van der Waals surface area (Å²) in [4.78, 5) is 25.1. The van der Waals surface area contributed by atoms with Crippen LogP contribution in [-0.4, -0.2) is 26.6 Å². The number of aromatic nitrogens is 3. The molecule has 0 radical (unpaired) electrons. The number of rotatable bonds is 6. The van der Waals surface area contributed by atoms with Crippen LogP contribution in [0.2, 0.25) is 5.02 Å². The molecule has 4 aromatic rings. The Kier molecular flexibility index (Phi) is 5.27. The Labute approximate surface area is 169 Å². The molecule has 142 valence electrons. The van der Waals surface area contributed by atoms with Crippen LogP contribution in [0.1, 0.15) is 11.3 Å². The SMILES string of the molecule is O=C(C=Cc1sc2ccccc2c1Cl)NCCCn1nc2ccccn2c1=O. The number of benzene rings is 1. The van der Waals surface area contributed by atoms with E-state index in [1.54, 1.807) is 35.7 Å². The van der Waals surface area contributed by atoms with Gasteiger partial charge in [0.15, 0.2) is 5.65 Å². The van der Waals surface area contributed by atoms with E-state index in [1.165, 1.54) is 15.2 Å². The van der Waals surface area contributed by atoms with Gasteiger partial charge < -0.3 is 5.32 Å². The standard InChI is InChI=1S/C20H17ClN4O2S/c21-19-14-6-1-2-7-15(14)28-16(19)9-10-18(26)22-11-5-13-25-20(27)24-12-4-3-8-17(24)23-25/h1-4,6-10,12H,5,11,13H2,(H,22,26). The highest BCUT2D eigenvalue weighted by Gasteiger charge is 2.08. The summed E-state index contributed by atoms with van der Waals surface area (Å²) in [5.41, 5.74) is 0.431. The van der Waals surface area contributed by atoms with Gasteiger partial charge in [-0.15, -0.1) is 16.4 Å². The summed E-state index contributed by atoms with van der Waals surface area (Å²) in [7, 11) is 0. The van der Waals surface area contributed by atoms with Crippen molar-refractivity contribution >= 4 is 50.7 Å². The van der Waals surface area contributed by atoms with E-state index in [0.29, 0.717) is 30.2 Å². The predicted molar refractivity (Wildman–Crippen MR) is 113 cm³/mol. The van der Waals surface area contributed by atoms with E-state index in [-0.39, 0.29) is 11.6 Å². The smallest absolute Gasteiger partial charge is 0.350 e. The number of hydrogen-bond donors (Lipinski definition) is 1. The Balaban J connectivity index is 1.31. The highest BCUT2D eigenvalue weighted by Crippen LogP contribution is 2.35. The maximum absolute atomic E-state index is 12.2. The van der Waals surface area contributed by atoms with Gasteiger partial charge in [0.2, 0.25) is 5.91 Å². The number of aryl methyl sites for hydroxylation is 1. The van der Waals surface area contributed by atoms with Crippen LogP contribution in [0, 0.1) is 0 Å². The molecule has 1 aromatic carbocycles. The summed E-state index contributed by atoms with van der Waals surface area (Å²) in [6.07, 6.45) is 5.50. The van der Waals surface area contributed by atoms with Gasteiger partial charge in [0.05, 0.1) is 5.02 Å². The van der Waals surface area contributed by atoms with E-state index in [0.717, 1.165) is 15.0 Å². The third-order valence-electron chi connectivity index (χ3n) is 4.28. The van der Waals surface area contributed by atoms with E-state index >= 15 is 0 Å². The molecule has 6 nitrogen and oxygen atoms in total. The molecule has 0 unspecified atom stereocenters. The molecule has 3 heterocycles. The fourth-order valence-corrected chi connectivity index (χ4v) is 4.30. The molecule has 1 amide bonds. The molecule has 0 saturated carbocycles. The maximum atomic E-state index is 12.2. The van der Waals surface area contributed by atoms with Gasteiger partial charge >= 0.3 is 5.69 Å². The topological polar surface area (TPSA) is 68.4 Å². The molecule has 0 aliphatic rings. The van der Waals surface area contributed by atoms with Gasteiger partial charge in [-0.1, -0.05) is 35.9 Å². The lowest BCUT2D eigenvalue weighted by atomic mass is 10.2. The largest absolute Gasteiger partial charge is 0.352 e. The summed E-state index contributed by atoms with van der Waals surface area (Å²) in [6.45, 7) is 0.885. The van der Waals surface area contributed by atoms with Crippen LogP contribution in [0.15, 0.2) is 59.5 Å². The van der Waals surface area contributed by atoms with E-state index in [1.807, 2.05) is 30.3 Å². The van der Waals surface area contributed by atoms with Crippen molar-refractivity contribution < 1.29 is 4.79 Å². The van der Waals surface area contributed by atoms with Crippen LogP contribution in [-0.2, 0) is 11.3 Å². The Morgan fingerprint density at radius 2 is 2.04 bits per heavy atom. The second-order valence-electron chi connectivity index (χ2n) is 6.19. The molecule has 1 N–H and O–H groups in total. The monoisotopic (exact) mass is 412 g/mol. The number of nitrogens with zero attached hydrogens (tertiary/aromatic N) is 3. The Bertz CT molecular complexity index is 1240. The van der Waals surface area contributed by atoms with Gasteiger partial charge in [0, 0.05) is 40.3 Å².